The fraction of sp³-hybridized carbons (Fsp3) is 0.306. The average Bonchev–Trinajstić information content (AvgIpc) is 3.35. The van der Waals surface area contributed by atoms with Crippen molar-refractivity contribution in [1.82, 2.24) is 4.57 Å². The maximum absolute atomic E-state index is 14.0. The van der Waals surface area contributed by atoms with E-state index >= 15 is 0 Å². The zero-order chi connectivity index (χ0) is 32.8. The van der Waals surface area contributed by atoms with Crippen molar-refractivity contribution in [2.75, 3.05) is 33.5 Å². The van der Waals surface area contributed by atoms with Gasteiger partial charge in [-0.15, -0.1) is 0 Å². The predicted molar refractivity (Wildman–Crippen MR) is 178 cm³/mol. The second-order valence-electron chi connectivity index (χ2n) is 10.7. The first kappa shape index (κ1) is 32.6. The van der Waals surface area contributed by atoms with Crippen molar-refractivity contribution in [3.05, 3.63) is 114 Å². The lowest BCUT2D eigenvalue weighted by atomic mass is 9.96. The number of allylic oxidation sites excluding steroid dienone is 1. The number of esters is 1. The third-order valence-corrected chi connectivity index (χ3v) is 8.58. The molecule has 10 heteroatoms. The summed E-state index contributed by atoms with van der Waals surface area (Å²) in [7, 11) is 1.59. The highest BCUT2D eigenvalue weighted by Gasteiger charge is 2.33. The summed E-state index contributed by atoms with van der Waals surface area (Å²) >= 11 is 1.26. The van der Waals surface area contributed by atoms with Crippen LogP contribution in [0.4, 0.5) is 0 Å². The average molecular weight is 643 g/mol. The lowest BCUT2D eigenvalue weighted by molar-refractivity contribution is -0.139. The molecule has 4 aromatic rings. The van der Waals surface area contributed by atoms with E-state index in [0.717, 1.165) is 16.9 Å². The number of aromatic nitrogens is 1. The zero-order valence-electron chi connectivity index (χ0n) is 26.9. The van der Waals surface area contributed by atoms with Crippen LogP contribution in [0.3, 0.4) is 0 Å². The molecule has 0 unspecified atom stereocenters. The van der Waals surface area contributed by atoms with E-state index in [2.05, 4.69) is 18.8 Å². The molecule has 0 spiro atoms. The first-order chi connectivity index (χ1) is 22.2. The summed E-state index contributed by atoms with van der Waals surface area (Å²) in [5.41, 5.74) is 4.46. The van der Waals surface area contributed by atoms with Crippen molar-refractivity contribution >= 4 is 23.4 Å². The van der Waals surface area contributed by atoms with Crippen LogP contribution in [-0.2, 0) is 9.53 Å². The van der Waals surface area contributed by atoms with Crippen LogP contribution in [0.15, 0.2) is 81.7 Å². The van der Waals surface area contributed by atoms with Gasteiger partial charge >= 0.3 is 5.97 Å². The number of benzene rings is 3. The predicted octanol–water partition coefficient (Wildman–Crippen LogP) is 5.28. The molecular formula is C36H38N2O7S. The van der Waals surface area contributed by atoms with E-state index in [9.17, 15) is 9.59 Å². The van der Waals surface area contributed by atoms with Gasteiger partial charge in [0.25, 0.3) is 5.56 Å². The molecule has 0 saturated heterocycles. The molecule has 1 aromatic heterocycles. The second-order valence-corrected chi connectivity index (χ2v) is 11.7. The van der Waals surface area contributed by atoms with Crippen LogP contribution >= 0.6 is 11.3 Å². The van der Waals surface area contributed by atoms with Crippen LogP contribution in [0.5, 0.6) is 23.0 Å². The van der Waals surface area contributed by atoms with Gasteiger partial charge in [-0.25, -0.2) is 9.79 Å². The SMILES string of the molecule is CCOC(=O)C1=C(C)N=c2s/c(=C/c3ccc(OCCOc4ccc(C)c(C)c4)c(OCC)c3)c(=O)n2[C@H]1c1ccc(OC)cc1. The maximum Gasteiger partial charge on any atom is 0.338 e. The Balaban J connectivity index is 1.44. The van der Waals surface area contributed by atoms with Crippen molar-refractivity contribution in [2.45, 2.75) is 40.7 Å². The molecule has 1 atom stereocenters. The van der Waals surface area contributed by atoms with Gasteiger partial charge in [0.05, 0.1) is 42.2 Å². The number of methoxy groups -OCH3 is 1. The summed E-state index contributed by atoms with van der Waals surface area (Å²) < 4.78 is 30.5. The summed E-state index contributed by atoms with van der Waals surface area (Å²) in [5, 5.41) is 0. The van der Waals surface area contributed by atoms with E-state index in [1.54, 1.807) is 43.7 Å². The minimum atomic E-state index is -0.704. The molecule has 5 rings (SSSR count). The lowest BCUT2D eigenvalue weighted by Crippen LogP contribution is -2.39. The molecule has 9 nitrogen and oxygen atoms in total. The fourth-order valence-corrected chi connectivity index (χ4v) is 6.21. The molecule has 0 radical (unpaired) electrons. The van der Waals surface area contributed by atoms with E-state index < -0.39 is 12.0 Å². The third kappa shape index (κ3) is 7.02. The Kier molecular flexibility index (Phi) is 10.3. The molecule has 3 aromatic carbocycles. The van der Waals surface area contributed by atoms with E-state index in [1.807, 2.05) is 55.5 Å². The zero-order valence-corrected chi connectivity index (χ0v) is 27.7. The molecule has 240 valence electrons. The number of hydrogen-bond donors (Lipinski definition) is 0. The molecule has 0 fully saturated rings. The number of hydrogen-bond acceptors (Lipinski definition) is 9. The molecule has 2 heterocycles. The van der Waals surface area contributed by atoms with Gasteiger partial charge in [-0.3, -0.25) is 9.36 Å². The van der Waals surface area contributed by atoms with Gasteiger partial charge in [0.15, 0.2) is 16.3 Å². The molecule has 0 N–H and O–H groups in total. The highest BCUT2D eigenvalue weighted by Crippen LogP contribution is 2.32. The Bertz CT molecular complexity index is 1940. The number of aryl methyl sites for hydroxylation is 2. The first-order valence-corrected chi connectivity index (χ1v) is 16.0. The van der Waals surface area contributed by atoms with Gasteiger partial charge in [-0.1, -0.05) is 35.6 Å². The van der Waals surface area contributed by atoms with Crippen molar-refractivity contribution in [2.24, 2.45) is 4.99 Å². The summed E-state index contributed by atoms with van der Waals surface area (Å²) in [6.45, 7) is 10.9. The topological polar surface area (TPSA) is 97.6 Å². The van der Waals surface area contributed by atoms with Crippen LogP contribution in [0, 0.1) is 13.8 Å². The Morgan fingerprint density at radius 2 is 1.61 bits per heavy atom. The van der Waals surface area contributed by atoms with Gasteiger partial charge in [0, 0.05) is 0 Å². The smallest absolute Gasteiger partial charge is 0.338 e. The number of fused-ring (bicyclic) bond motifs is 1. The van der Waals surface area contributed by atoms with Crippen LogP contribution < -0.4 is 33.8 Å². The molecule has 1 aliphatic rings. The largest absolute Gasteiger partial charge is 0.497 e. The highest BCUT2D eigenvalue weighted by atomic mass is 32.1. The Labute approximate surface area is 272 Å². The van der Waals surface area contributed by atoms with Gasteiger partial charge in [-0.05, 0) is 99.3 Å². The summed E-state index contributed by atoms with van der Waals surface area (Å²) in [5.74, 6) is 2.11. The fourth-order valence-electron chi connectivity index (χ4n) is 5.16. The number of rotatable bonds is 12. The molecule has 0 bridgehead atoms. The van der Waals surface area contributed by atoms with E-state index in [1.165, 1.54) is 22.5 Å². The van der Waals surface area contributed by atoms with Crippen molar-refractivity contribution in [1.29, 1.82) is 0 Å². The van der Waals surface area contributed by atoms with Gasteiger partial charge < -0.3 is 23.7 Å². The van der Waals surface area contributed by atoms with Crippen LogP contribution in [0.1, 0.15) is 49.1 Å². The van der Waals surface area contributed by atoms with E-state index in [0.29, 0.717) is 57.7 Å². The number of thiazole rings is 1. The Hall–Kier alpha value is -4.83. The minimum Gasteiger partial charge on any atom is -0.497 e. The monoisotopic (exact) mass is 642 g/mol. The van der Waals surface area contributed by atoms with Crippen LogP contribution in [-0.4, -0.2) is 44.1 Å². The number of carbonyl (C=O) groups is 1. The second kappa shape index (κ2) is 14.5. The van der Waals surface area contributed by atoms with Gasteiger partial charge in [0.1, 0.15) is 24.7 Å². The number of nitrogens with zero attached hydrogens (tertiary/aromatic N) is 2. The molecule has 1 aliphatic heterocycles. The Morgan fingerprint density at radius 3 is 2.30 bits per heavy atom. The molecular weight excluding hydrogens is 604 g/mol. The molecule has 0 saturated carbocycles. The van der Waals surface area contributed by atoms with Crippen LogP contribution in [0.2, 0.25) is 0 Å². The normalized spacial score (nSPS) is 14.4. The maximum atomic E-state index is 14.0. The van der Waals surface area contributed by atoms with Crippen molar-refractivity contribution < 1.29 is 28.5 Å². The standard InChI is InChI=1S/C36H38N2O7S/c1-7-42-30-20-25(10-16-29(30)45-18-17-44-28-13-9-22(3)23(4)19-28)21-31-34(39)38-33(26-11-14-27(41-6)15-12-26)32(35(40)43-8-2)24(5)37-36(38)46-31/h9-16,19-21,33H,7-8,17-18H2,1-6H3/b31-21+/t33-/m0/s1. The summed E-state index contributed by atoms with van der Waals surface area (Å²) in [4.78, 5) is 32.3. The summed E-state index contributed by atoms with van der Waals surface area (Å²) in [6.07, 6.45) is 1.80. The number of carbonyl (C=O) groups excluding carboxylic acids is 1. The van der Waals surface area contributed by atoms with E-state index in [-0.39, 0.29) is 12.2 Å². The minimum absolute atomic E-state index is 0.205. The first-order valence-electron chi connectivity index (χ1n) is 15.2. The Morgan fingerprint density at radius 1 is 0.870 bits per heavy atom. The van der Waals surface area contributed by atoms with Crippen LogP contribution in [0.25, 0.3) is 6.08 Å². The third-order valence-electron chi connectivity index (χ3n) is 7.60. The number of ether oxygens (including phenoxy) is 5. The van der Waals surface area contributed by atoms with Gasteiger partial charge in [0.2, 0.25) is 0 Å². The summed E-state index contributed by atoms with van der Waals surface area (Å²) in [6, 6.07) is 18.1. The quantitative estimate of drug-likeness (QED) is 0.153. The molecule has 46 heavy (non-hydrogen) atoms. The van der Waals surface area contributed by atoms with E-state index in [4.69, 9.17) is 23.7 Å². The molecule has 0 aliphatic carbocycles. The van der Waals surface area contributed by atoms with Crippen molar-refractivity contribution in [3.63, 3.8) is 0 Å². The highest BCUT2D eigenvalue weighted by molar-refractivity contribution is 7.07. The molecule has 0 amide bonds. The van der Waals surface area contributed by atoms with Crippen molar-refractivity contribution in [3.8, 4) is 23.0 Å². The lowest BCUT2D eigenvalue weighted by Gasteiger charge is -2.24. The van der Waals surface area contributed by atoms with Gasteiger partial charge in [-0.2, -0.15) is 0 Å².